The fourth-order valence-corrected chi connectivity index (χ4v) is 3.80. The normalized spacial score (nSPS) is 14.1. The van der Waals surface area contributed by atoms with Gasteiger partial charge in [0.2, 0.25) is 0 Å². The van der Waals surface area contributed by atoms with E-state index in [1.807, 2.05) is 6.20 Å². The van der Waals surface area contributed by atoms with Crippen molar-refractivity contribution in [1.29, 1.82) is 0 Å². The fourth-order valence-electron chi connectivity index (χ4n) is 3.80. The molecule has 24 heavy (non-hydrogen) atoms. The van der Waals surface area contributed by atoms with E-state index in [9.17, 15) is 0 Å². The molecule has 3 nitrogen and oxygen atoms in total. The van der Waals surface area contributed by atoms with E-state index in [2.05, 4.69) is 59.0 Å². The number of nitrogens with one attached hydrogen (secondary N) is 1. The molecule has 0 spiro atoms. The molecule has 0 unspecified atom stereocenters. The van der Waals surface area contributed by atoms with Gasteiger partial charge in [-0.2, -0.15) is 0 Å². The Morgan fingerprint density at radius 2 is 2.12 bits per heavy atom. The monoisotopic (exact) mass is 319 g/mol. The Bertz CT molecular complexity index is 859. The van der Waals surface area contributed by atoms with Gasteiger partial charge in [0.05, 0.1) is 0 Å². The predicted molar refractivity (Wildman–Crippen MR) is 99.4 cm³/mol. The number of aryl methyl sites for hydroxylation is 4. The van der Waals surface area contributed by atoms with Gasteiger partial charge < -0.3 is 9.88 Å². The second kappa shape index (κ2) is 6.40. The Labute approximate surface area is 143 Å². The first-order valence-corrected chi connectivity index (χ1v) is 9.01. The Balaban J connectivity index is 1.67. The van der Waals surface area contributed by atoms with Crippen LogP contribution in [0, 0.1) is 6.92 Å². The summed E-state index contributed by atoms with van der Waals surface area (Å²) in [6.45, 7) is 7.43. The molecule has 1 aliphatic heterocycles. The Hall–Kier alpha value is -2.13. The van der Waals surface area contributed by atoms with Gasteiger partial charge >= 0.3 is 0 Å². The second-order valence-corrected chi connectivity index (χ2v) is 6.79. The molecule has 0 saturated heterocycles. The van der Waals surface area contributed by atoms with Crippen molar-refractivity contribution in [2.75, 3.05) is 6.54 Å². The number of hydrogen-bond donors (Lipinski definition) is 1. The van der Waals surface area contributed by atoms with Gasteiger partial charge in [0.25, 0.3) is 0 Å². The summed E-state index contributed by atoms with van der Waals surface area (Å²) in [4.78, 5) is 4.54. The van der Waals surface area contributed by atoms with Crippen molar-refractivity contribution >= 4 is 10.9 Å². The first kappa shape index (κ1) is 15.4. The minimum atomic E-state index is 0.995. The molecule has 3 aromatic rings. The average molecular weight is 319 g/mol. The molecule has 124 valence electrons. The lowest BCUT2D eigenvalue weighted by atomic mass is 10.0. The molecule has 0 radical (unpaired) electrons. The topological polar surface area (TPSA) is 29.9 Å². The van der Waals surface area contributed by atoms with E-state index in [4.69, 9.17) is 0 Å². The van der Waals surface area contributed by atoms with Crippen LogP contribution in [0.4, 0.5) is 0 Å². The van der Waals surface area contributed by atoms with Crippen LogP contribution in [0.5, 0.6) is 0 Å². The van der Waals surface area contributed by atoms with Gasteiger partial charge in [-0.1, -0.05) is 24.6 Å². The first-order valence-electron chi connectivity index (χ1n) is 9.01. The van der Waals surface area contributed by atoms with Crippen LogP contribution in [-0.4, -0.2) is 16.1 Å². The van der Waals surface area contributed by atoms with Crippen LogP contribution in [0.15, 0.2) is 36.5 Å². The van der Waals surface area contributed by atoms with Crippen molar-refractivity contribution in [3.63, 3.8) is 0 Å². The molecule has 0 bridgehead atoms. The second-order valence-electron chi connectivity index (χ2n) is 6.79. The maximum atomic E-state index is 4.54. The van der Waals surface area contributed by atoms with Gasteiger partial charge in [0.1, 0.15) is 0 Å². The zero-order chi connectivity index (χ0) is 16.5. The summed E-state index contributed by atoms with van der Waals surface area (Å²) in [6.07, 6.45) is 5.20. The molecular formula is C21H25N3. The highest BCUT2D eigenvalue weighted by atomic mass is 15.0. The molecule has 1 aliphatic rings. The van der Waals surface area contributed by atoms with Gasteiger partial charge in [0, 0.05) is 54.5 Å². The highest BCUT2D eigenvalue weighted by Crippen LogP contribution is 2.29. The van der Waals surface area contributed by atoms with E-state index < -0.39 is 0 Å². The summed E-state index contributed by atoms with van der Waals surface area (Å²) in [5.74, 6) is 0. The van der Waals surface area contributed by atoms with Gasteiger partial charge in [-0.25, -0.2) is 0 Å². The minimum absolute atomic E-state index is 0.995. The van der Waals surface area contributed by atoms with Crippen molar-refractivity contribution in [3.8, 4) is 0 Å². The molecule has 2 aromatic heterocycles. The third-order valence-electron chi connectivity index (χ3n) is 5.15. The van der Waals surface area contributed by atoms with Gasteiger partial charge in [-0.15, -0.1) is 0 Å². The van der Waals surface area contributed by atoms with Gasteiger partial charge in [-0.3, -0.25) is 4.98 Å². The summed E-state index contributed by atoms with van der Waals surface area (Å²) in [5.41, 5.74) is 8.24. The first-order chi connectivity index (χ1) is 11.8. The van der Waals surface area contributed by atoms with Crippen molar-refractivity contribution in [2.45, 2.75) is 46.2 Å². The van der Waals surface area contributed by atoms with E-state index in [0.717, 1.165) is 38.9 Å². The number of fused-ring (bicyclic) bond motifs is 3. The van der Waals surface area contributed by atoms with Gasteiger partial charge in [0.15, 0.2) is 0 Å². The van der Waals surface area contributed by atoms with Gasteiger partial charge in [-0.05, 0) is 49.1 Å². The number of pyridine rings is 1. The molecule has 0 amide bonds. The Morgan fingerprint density at radius 3 is 2.92 bits per heavy atom. The quantitative estimate of drug-likeness (QED) is 0.793. The number of benzene rings is 1. The molecule has 4 rings (SSSR count). The Kier molecular flexibility index (Phi) is 4.11. The van der Waals surface area contributed by atoms with E-state index in [1.54, 1.807) is 0 Å². The third-order valence-corrected chi connectivity index (χ3v) is 5.15. The summed E-state index contributed by atoms with van der Waals surface area (Å²) >= 11 is 0. The summed E-state index contributed by atoms with van der Waals surface area (Å²) in [7, 11) is 0. The van der Waals surface area contributed by atoms with Crippen LogP contribution in [0.25, 0.3) is 10.9 Å². The number of rotatable bonds is 4. The molecular weight excluding hydrogens is 294 g/mol. The zero-order valence-corrected chi connectivity index (χ0v) is 14.6. The summed E-state index contributed by atoms with van der Waals surface area (Å²) in [5, 5.41) is 4.96. The van der Waals surface area contributed by atoms with Crippen LogP contribution in [-0.2, 0) is 32.4 Å². The number of nitrogens with zero attached hydrogens (tertiary/aromatic N) is 2. The lowest BCUT2D eigenvalue weighted by molar-refractivity contribution is 0.594. The Morgan fingerprint density at radius 1 is 1.21 bits per heavy atom. The highest BCUT2D eigenvalue weighted by Gasteiger charge is 2.19. The largest absolute Gasteiger partial charge is 0.344 e. The van der Waals surface area contributed by atoms with Crippen LogP contribution < -0.4 is 5.32 Å². The zero-order valence-electron chi connectivity index (χ0n) is 14.6. The van der Waals surface area contributed by atoms with Crippen LogP contribution in [0.2, 0.25) is 0 Å². The lowest BCUT2D eigenvalue weighted by Crippen LogP contribution is -2.24. The standard InChI is InChI=1S/C21H25N3/c1-3-17-6-5-16(13-23-17)9-11-24-20-7-4-15(2)12-18(20)19-14-22-10-8-21(19)24/h4-7,12-13,22H,3,8-11,14H2,1-2H3. The molecule has 3 heterocycles. The van der Waals surface area contributed by atoms with Crippen molar-refractivity contribution in [1.82, 2.24) is 14.9 Å². The van der Waals surface area contributed by atoms with Crippen LogP contribution >= 0.6 is 0 Å². The molecule has 1 N–H and O–H groups in total. The molecule has 0 saturated carbocycles. The molecule has 0 fully saturated rings. The van der Waals surface area contributed by atoms with Crippen molar-refractivity contribution in [3.05, 3.63) is 64.6 Å². The number of hydrogen-bond acceptors (Lipinski definition) is 2. The smallest absolute Gasteiger partial charge is 0.0486 e. The SMILES string of the molecule is CCc1ccc(CCn2c3c(c4cc(C)ccc42)CNCC3)cn1. The molecule has 1 aromatic carbocycles. The molecule has 3 heteroatoms. The lowest BCUT2D eigenvalue weighted by Gasteiger charge is -2.17. The van der Waals surface area contributed by atoms with Crippen molar-refractivity contribution < 1.29 is 0 Å². The van der Waals surface area contributed by atoms with Crippen molar-refractivity contribution in [2.24, 2.45) is 0 Å². The van der Waals surface area contributed by atoms with E-state index in [0.29, 0.717) is 0 Å². The van der Waals surface area contributed by atoms with E-state index in [1.165, 1.54) is 39.0 Å². The maximum absolute atomic E-state index is 4.54. The summed E-state index contributed by atoms with van der Waals surface area (Å²) < 4.78 is 2.54. The molecule has 0 atom stereocenters. The fraction of sp³-hybridized carbons (Fsp3) is 0.381. The highest BCUT2D eigenvalue weighted by molar-refractivity contribution is 5.86. The summed E-state index contributed by atoms with van der Waals surface area (Å²) in [6, 6.07) is 11.3. The minimum Gasteiger partial charge on any atom is -0.344 e. The predicted octanol–water partition coefficient (Wildman–Crippen LogP) is 3.80. The number of aromatic nitrogens is 2. The molecule has 0 aliphatic carbocycles. The van der Waals surface area contributed by atoms with Crippen LogP contribution in [0.3, 0.4) is 0 Å². The van der Waals surface area contributed by atoms with E-state index in [-0.39, 0.29) is 0 Å². The third kappa shape index (κ3) is 2.73. The van der Waals surface area contributed by atoms with Crippen LogP contribution in [0.1, 0.15) is 35.0 Å². The average Bonchev–Trinajstić information content (AvgIpc) is 2.93. The maximum Gasteiger partial charge on any atom is 0.0486 e. The van der Waals surface area contributed by atoms with E-state index >= 15 is 0 Å².